The Bertz CT molecular complexity index is 1130. The highest BCUT2D eigenvalue weighted by Gasteiger charge is 2.34. The molecule has 1 aliphatic rings. The van der Waals surface area contributed by atoms with Crippen molar-refractivity contribution in [1.29, 1.82) is 0 Å². The van der Waals surface area contributed by atoms with Gasteiger partial charge in [-0.2, -0.15) is 13.2 Å². The summed E-state index contributed by atoms with van der Waals surface area (Å²) in [6, 6.07) is 12.3. The second-order valence-corrected chi connectivity index (χ2v) is 7.38. The van der Waals surface area contributed by atoms with Crippen LogP contribution in [0.5, 0.6) is 0 Å². The molecule has 31 heavy (non-hydrogen) atoms. The van der Waals surface area contributed by atoms with Crippen LogP contribution in [0, 0.1) is 5.82 Å². The van der Waals surface area contributed by atoms with Crippen LogP contribution in [0.3, 0.4) is 0 Å². The monoisotopic (exact) mass is 454 g/mol. The second kappa shape index (κ2) is 8.45. The van der Waals surface area contributed by atoms with Crippen molar-refractivity contribution >= 4 is 29.1 Å². The largest absolute Gasteiger partial charge is 0.419 e. The first-order chi connectivity index (χ1) is 14.1. The summed E-state index contributed by atoms with van der Waals surface area (Å²) in [6.07, 6.45) is -5.58. The van der Waals surface area contributed by atoms with Gasteiger partial charge in [0.05, 0.1) is 11.7 Å². The van der Waals surface area contributed by atoms with Crippen LogP contribution < -0.4 is 5.73 Å². The van der Waals surface area contributed by atoms with Crippen LogP contribution in [0.1, 0.15) is 15.9 Å². The molecule has 0 unspecified atom stereocenters. The molecule has 0 bridgehead atoms. The van der Waals surface area contributed by atoms with Gasteiger partial charge in [-0.15, -0.1) is 12.4 Å². The van der Waals surface area contributed by atoms with Crippen molar-refractivity contribution in [3.63, 3.8) is 0 Å². The number of alkyl halides is 3. The standard InChI is InChI=1S/C22H18F4N2O2.ClH/c23-18-7-5-13(9-17(18)22(24,25)26)15-3-1-2-12-8-14(4-6-16(12)15)21(30)28-10-19(27)20(29)11-28;/h1-9,19-20,29H,10-11,27H2;1H/t19-,20-;/m1./s1. The number of nitrogens with two attached hydrogens (primary N) is 1. The van der Waals surface area contributed by atoms with E-state index in [0.717, 1.165) is 12.1 Å². The van der Waals surface area contributed by atoms with Gasteiger partial charge in [-0.05, 0) is 46.2 Å². The molecule has 0 spiro atoms. The van der Waals surface area contributed by atoms with Crippen LogP contribution in [0.4, 0.5) is 17.6 Å². The lowest BCUT2D eigenvalue weighted by atomic mass is 9.95. The number of hydrogen-bond acceptors (Lipinski definition) is 3. The number of rotatable bonds is 2. The first-order valence-electron chi connectivity index (χ1n) is 9.28. The maximum Gasteiger partial charge on any atom is 0.419 e. The predicted molar refractivity (Wildman–Crippen MR) is 111 cm³/mol. The molecule has 164 valence electrons. The molecule has 3 N–H and O–H groups in total. The molecule has 2 atom stereocenters. The predicted octanol–water partition coefficient (Wildman–Crippen LogP) is 4.23. The maximum absolute atomic E-state index is 13.7. The Morgan fingerprint density at radius 1 is 1.06 bits per heavy atom. The Kier molecular flexibility index (Phi) is 6.27. The summed E-state index contributed by atoms with van der Waals surface area (Å²) in [7, 11) is 0. The van der Waals surface area contributed by atoms with E-state index < -0.39 is 29.7 Å². The van der Waals surface area contributed by atoms with E-state index in [2.05, 4.69) is 0 Å². The van der Waals surface area contributed by atoms with Gasteiger partial charge in [0.15, 0.2) is 0 Å². The summed E-state index contributed by atoms with van der Waals surface area (Å²) in [6.45, 7) is 0.391. The van der Waals surface area contributed by atoms with E-state index in [1.54, 1.807) is 36.4 Å². The average molecular weight is 455 g/mol. The van der Waals surface area contributed by atoms with Crippen LogP contribution in [0.2, 0.25) is 0 Å². The molecule has 4 nitrogen and oxygen atoms in total. The topological polar surface area (TPSA) is 66.6 Å². The molecule has 0 aliphatic carbocycles. The number of carbonyl (C=O) groups excluding carboxylic acids is 1. The number of carbonyl (C=O) groups is 1. The van der Waals surface area contributed by atoms with Crippen molar-refractivity contribution in [2.75, 3.05) is 13.1 Å². The smallest absolute Gasteiger partial charge is 0.390 e. The molecule has 1 aliphatic heterocycles. The molecule has 1 amide bonds. The Hall–Kier alpha value is -2.68. The number of halogens is 5. The summed E-state index contributed by atoms with van der Waals surface area (Å²) in [4.78, 5) is 14.2. The third-order valence-corrected chi connectivity index (χ3v) is 5.33. The maximum atomic E-state index is 13.7. The van der Waals surface area contributed by atoms with Gasteiger partial charge in [-0.3, -0.25) is 4.79 Å². The van der Waals surface area contributed by atoms with E-state index in [9.17, 15) is 27.5 Å². The van der Waals surface area contributed by atoms with Gasteiger partial charge in [-0.1, -0.05) is 30.3 Å². The van der Waals surface area contributed by atoms with E-state index in [-0.39, 0.29) is 37.0 Å². The van der Waals surface area contributed by atoms with Gasteiger partial charge >= 0.3 is 6.18 Å². The molecule has 1 heterocycles. The molecule has 9 heteroatoms. The van der Waals surface area contributed by atoms with E-state index in [1.807, 2.05) is 0 Å². The molecule has 3 aromatic carbocycles. The number of hydrogen-bond donors (Lipinski definition) is 2. The normalized spacial score (nSPS) is 18.8. The highest BCUT2D eigenvalue weighted by atomic mass is 35.5. The van der Waals surface area contributed by atoms with E-state index in [4.69, 9.17) is 5.73 Å². The number of aliphatic hydroxyl groups excluding tert-OH is 1. The Labute approximate surface area is 181 Å². The minimum Gasteiger partial charge on any atom is -0.390 e. The Balaban J connectivity index is 0.00000272. The van der Waals surface area contributed by atoms with E-state index >= 15 is 0 Å². The Morgan fingerprint density at radius 2 is 1.81 bits per heavy atom. The van der Waals surface area contributed by atoms with Gasteiger partial charge in [0.2, 0.25) is 0 Å². The van der Waals surface area contributed by atoms with Crippen LogP contribution in [-0.4, -0.2) is 41.1 Å². The molecule has 1 fully saturated rings. The van der Waals surface area contributed by atoms with Crippen molar-refractivity contribution in [2.45, 2.75) is 18.3 Å². The molecule has 1 saturated heterocycles. The average Bonchev–Trinajstić information content (AvgIpc) is 3.04. The van der Waals surface area contributed by atoms with Crippen molar-refractivity contribution < 1.29 is 27.5 Å². The summed E-state index contributed by atoms with van der Waals surface area (Å²) in [5, 5.41) is 11.1. The molecule has 0 aromatic heterocycles. The first-order valence-corrected chi connectivity index (χ1v) is 9.28. The highest BCUT2D eigenvalue weighted by molar-refractivity contribution is 6.02. The van der Waals surface area contributed by atoms with Gasteiger partial charge in [0.1, 0.15) is 5.82 Å². The SMILES string of the molecule is Cl.N[C@@H]1CN(C(=O)c2ccc3c(-c4ccc(F)c(C(F)(F)F)c4)cccc3c2)C[C@H]1O. The highest BCUT2D eigenvalue weighted by Crippen LogP contribution is 2.36. The molecule has 3 aromatic rings. The van der Waals surface area contributed by atoms with Crippen LogP contribution in [0.25, 0.3) is 21.9 Å². The summed E-state index contributed by atoms with van der Waals surface area (Å²) < 4.78 is 52.9. The number of nitrogens with zero attached hydrogens (tertiary/aromatic N) is 1. The van der Waals surface area contributed by atoms with Crippen molar-refractivity contribution in [3.8, 4) is 11.1 Å². The quantitative estimate of drug-likeness (QED) is 0.569. The fourth-order valence-electron chi connectivity index (χ4n) is 3.74. The fraction of sp³-hybridized carbons (Fsp3) is 0.227. The van der Waals surface area contributed by atoms with Crippen molar-refractivity contribution in [1.82, 2.24) is 4.90 Å². The molecule has 4 rings (SSSR count). The molecular formula is C22H19ClF4N2O2. The minimum atomic E-state index is -4.80. The number of β-amino-alcohol motifs (C(OH)–C–C–N with tert-alkyl or cyclic N) is 1. The minimum absolute atomic E-state index is 0. The lowest BCUT2D eigenvalue weighted by Crippen LogP contribution is -2.33. The lowest BCUT2D eigenvalue weighted by molar-refractivity contribution is -0.139. The number of amides is 1. The third kappa shape index (κ3) is 4.37. The van der Waals surface area contributed by atoms with Crippen LogP contribution in [0.15, 0.2) is 54.6 Å². The summed E-state index contributed by atoms with van der Waals surface area (Å²) in [5.74, 6) is -1.61. The van der Waals surface area contributed by atoms with Gasteiger partial charge in [0, 0.05) is 24.7 Å². The zero-order valence-corrected chi connectivity index (χ0v) is 16.9. The Morgan fingerprint density at radius 3 is 2.45 bits per heavy atom. The molecule has 0 radical (unpaired) electrons. The fourth-order valence-corrected chi connectivity index (χ4v) is 3.74. The van der Waals surface area contributed by atoms with Gasteiger partial charge < -0.3 is 15.7 Å². The first kappa shape index (κ1) is 23.0. The van der Waals surface area contributed by atoms with Crippen molar-refractivity contribution in [3.05, 3.63) is 71.5 Å². The molecule has 0 saturated carbocycles. The number of likely N-dealkylation sites (tertiary alicyclic amines) is 1. The number of benzene rings is 3. The summed E-state index contributed by atoms with van der Waals surface area (Å²) in [5.41, 5.74) is 5.54. The zero-order chi connectivity index (χ0) is 21.6. The van der Waals surface area contributed by atoms with E-state index in [1.165, 1.54) is 11.0 Å². The van der Waals surface area contributed by atoms with E-state index in [0.29, 0.717) is 21.9 Å². The van der Waals surface area contributed by atoms with Gasteiger partial charge in [0.25, 0.3) is 5.91 Å². The van der Waals surface area contributed by atoms with Gasteiger partial charge in [-0.25, -0.2) is 4.39 Å². The second-order valence-electron chi connectivity index (χ2n) is 7.38. The van der Waals surface area contributed by atoms with Crippen molar-refractivity contribution in [2.24, 2.45) is 5.73 Å². The zero-order valence-electron chi connectivity index (χ0n) is 16.1. The third-order valence-electron chi connectivity index (χ3n) is 5.33. The lowest BCUT2D eigenvalue weighted by Gasteiger charge is -2.16. The number of aliphatic hydroxyl groups is 1. The molecular weight excluding hydrogens is 436 g/mol. The number of fused-ring (bicyclic) bond motifs is 1. The van der Waals surface area contributed by atoms with Crippen LogP contribution >= 0.6 is 12.4 Å². The summed E-state index contributed by atoms with van der Waals surface area (Å²) >= 11 is 0. The van der Waals surface area contributed by atoms with Crippen LogP contribution in [-0.2, 0) is 6.18 Å².